The normalized spacial score (nSPS) is 20.7. The van der Waals surface area contributed by atoms with Crippen LogP contribution in [0.25, 0.3) is 5.65 Å². The monoisotopic (exact) mass is 256 g/mol. The molecule has 3 heterocycles. The maximum Gasteiger partial charge on any atom is 0.416 e. The van der Waals surface area contributed by atoms with E-state index in [9.17, 15) is 13.2 Å². The van der Waals surface area contributed by atoms with E-state index in [1.54, 1.807) is 0 Å². The molecule has 2 aromatic rings. The molecule has 1 fully saturated rings. The van der Waals surface area contributed by atoms with Gasteiger partial charge < -0.3 is 5.32 Å². The maximum atomic E-state index is 12.6. The molecule has 2 aromatic heterocycles. The van der Waals surface area contributed by atoms with Gasteiger partial charge in [-0.2, -0.15) is 13.2 Å². The van der Waals surface area contributed by atoms with Gasteiger partial charge in [0.2, 0.25) is 0 Å². The predicted octanol–water partition coefficient (Wildman–Crippen LogP) is 2.17. The average molecular weight is 256 g/mol. The topological polar surface area (TPSA) is 42.2 Å². The van der Waals surface area contributed by atoms with Gasteiger partial charge >= 0.3 is 6.18 Å². The lowest BCUT2D eigenvalue weighted by atomic mass is 10.2. The van der Waals surface area contributed by atoms with Crippen molar-refractivity contribution in [2.45, 2.75) is 25.1 Å². The first-order chi connectivity index (χ1) is 8.54. The molecule has 7 heteroatoms. The Morgan fingerprint density at radius 1 is 1.39 bits per heavy atom. The molecular weight excluding hydrogens is 245 g/mol. The molecule has 1 N–H and O–H groups in total. The number of rotatable bonds is 1. The van der Waals surface area contributed by atoms with Gasteiger partial charge in [0.15, 0.2) is 11.5 Å². The van der Waals surface area contributed by atoms with E-state index in [0.717, 1.165) is 31.5 Å². The van der Waals surface area contributed by atoms with Gasteiger partial charge in [-0.15, -0.1) is 5.10 Å². The van der Waals surface area contributed by atoms with Crippen molar-refractivity contribution in [2.24, 2.45) is 0 Å². The summed E-state index contributed by atoms with van der Waals surface area (Å²) in [6.45, 7) is 0.897. The molecule has 1 atom stereocenters. The standard InChI is InChI=1S/C11H11F3N4/c12-11(13,14)7-3-5-18-9(6-7)16-10(17-18)8-2-1-4-15-8/h3,5-6,8,15H,1-2,4H2. The highest BCUT2D eigenvalue weighted by Crippen LogP contribution is 2.30. The van der Waals surface area contributed by atoms with Crippen molar-refractivity contribution < 1.29 is 13.2 Å². The van der Waals surface area contributed by atoms with Crippen LogP contribution in [0, 0.1) is 0 Å². The molecule has 0 radical (unpaired) electrons. The van der Waals surface area contributed by atoms with Crippen LogP contribution in [0.2, 0.25) is 0 Å². The van der Waals surface area contributed by atoms with Gasteiger partial charge in [-0.1, -0.05) is 0 Å². The summed E-state index contributed by atoms with van der Waals surface area (Å²) in [6, 6.07) is 2.08. The summed E-state index contributed by atoms with van der Waals surface area (Å²) in [7, 11) is 0. The first-order valence-electron chi connectivity index (χ1n) is 5.71. The Morgan fingerprint density at radius 3 is 2.89 bits per heavy atom. The molecule has 96 valence electrons. The van der Waals surface area contributed by atoms with Crippen molar-refractivity contribution in [1.29, 1.82) is 0 Å². The van der Waals surface area contributed by atoms with Gasteiger partial charge in [0.1, 0.15) is 0 Å². The highest BCUT2D eigenvalue weighted by atomic mass is 19.4. The Kier molecular flexibility index (Phi) is 2.51. The Balaban J connectivity index is 2.01. The third-order valence-electron chi connectivity index (χ3n) is 3.05. The summed E-state index contributed by atoms with van der Waals surface area (Å²) in [6.07, 6.45) is -1.10. The zero-order chi connectivity index (χ0) is 12.8. The average Bonchev–Trinajstić information content (AvgIpc) is 2.95. The van der Waals surface area contributed by atoms with Crippen molar-refractivity contribution in [3.63, 3.8) is 0 Å². The van der Waals surface area contributed by atoms with Gasteiger partial charge in [-0.25, -0.2) is 9.50 Å². The minimum atomic E-state index is -4.35. The van der Waals surface area contributed by atoms with Crippen LogP contribution in [-0.2, 0) is 6.18 Å². The number of alkyl halides is 3. The first-order valence-corrected chi connectivity index (χ1v) is 5.71. The van der Waals surface area contributed by atoms with Crippen LogP contribution in [-0.4, -0.2) is 21.1 Å². The minimum Gasteiger partial charge on any atom is -0.307 e. The van der Waals surface area contributed by atoms with Crippen molar-refractivity contribution in [3.05, 3.63) is 29.7 Å². The number of nitrogens with one attached hydrogen (secondary N) is 1. The Morgan fingerprint density at radius 2 is 2.22 bits per heavy atom. The van der Waals surface area contributed by atoms with E-state index in [4.69, 9.17) is 0 Å². The fraction of sp³-hybridized carbons (Fsp3) is 0.455. The summed E-state index contributed by atoms with van der Waals surface area (Å²) >= 11 is 0. The molecule has 0 saturated carbocycles. The van der Waals surface area contributed by atoms with Crippen molar-refractivity contribution in [2.75, 3.05) is 6.54 Å². The van der Waals surface area contributed by atoms with Gasteiger partial charge in [-0.05, 0) is 31.5 Å². The Bertz CT molecular complexity index is 569. The molecule has 18 heavy (non-hydrogen) atoms. The molecule has 1 saturated heterocycles. The summed E-state index contributed by atoms with van der Waals surface area (Å²) in [5.74, 6) is 0.562. The highest BCUT2D eigenvalue weighted by molar-refractivity contribution is 5.41. The first kappa shape index (κ1) is 11.5. The van der Waals surface area contributed by atoms with E-state index in [1.165, 1.54) is 10.7 Å². The van der Waals surface area contributed by atoms with E-state index >= 15 is 0 Å². The minimum absolute atomic E-state index is 0.0548. The number of nitrogens with zero attached hydrogens (tertiary/aromatic N) is 3. The Hall–Kier alpha value is -1.63. The molecule has 4 nitrogen and oxygen atoms in total. The van der Waals surface area contributed by atoms with Crippen LogP contribution in [0.4, 0.5) is 13.2 Å². The van der Waals surface area contributed by atoms with Crippen molar-refractivity contribution >= 4 is 5.65 Å². The zero-order valence-electron chi connectivity index (χ0n) is 9.41. The van der Waals surface area contributed by atoms with Crippen LogP contribution < -0.4 is 5.32 Å². The van der Waals surface area contributed by atoms with E-state index in [1.807, 2.05) is 0 Å². The molecular formula is C11H11F3N4. The number of halogens is 3. The number of fused-ring (bicyclic) bond motifs is 1. The zero-order valence-corrected chi connectivity index (χ0v) is 9.41. The molecule has 0 aromatic carbocycles. The lowest BCUT2D eigenvalue weighted by Crippen LogP contribution is -2.14. The fourth-order valence-electron chi connectivity index (χ4n) is 2.13. The van der Waals surface area contributed by atoms with E-state index in [-0.39, 0.29) is 11.7 Å². The van der Waals surface area contributed by atoms with Gasteiger partial charge in [-0.3, -0.25) is 0 Å². The largest absolute Gasteiger partial charge is 0.416 e. The smallest absolute Gasteiger partial charge is 0.307 e. The molecule has 0 aliphatic carbocycles. The van der Waals surface area contributed by atoms with Crippen LogP contribution in [0.15, 0.2) is 18.3 Å². The molecule has 1 aliphatic heterocycles. The summed E-state index contributed by atoms with van der Waals surface area (Å²) in [5.41, 5.74) is -0.471. The SMILES string of the molecule is FC(F)(F)c1ccn2nc(C3CCCN3)nc2c1. The molecule has 0 bridgehead atoms. The number of hydrogen-bond donors (Lipinski definition) is 1. The van der Waals surface area contributed by atoms with Crippen molar-refractivity contribution in [1.82, 2.24) is 19.9 Å². The number of aromatic nitrogens is 3. The van der Waals surface area contributed by atoms with Gasteiger partial charge in [0.25, 0.3) is 0 Å². The third kappa shape index (κ3) is 1.94. The Labute approximate surface area is 101 Å². The lowest BCUT2D eigenvalue weighted by Gasteiger charge is -2.05. The molecule has 3 rings (SSSR count). The van der Waals surface area contributed by atoms with Crippen LogP contribution in [0.5, 0.6) is 0 Å². The van der Waals surface area contributed by atoms with Gasteiger partial charge in [0.05, 0.1) is 11.6 Å². The fourth-order valence-corrected chi connectivity index (χ4v) is 2.13. The molecule has 1 aliphatic rings. The number of hydrogen-bond acceptors (Lipinski definition) is 3. The van der Waals surface area contributed by atoms with E-state index in [2.05, 4.69) is 15.4 Å². The molecule has 1 unspecified atom stereocenters. The second-order valence-electron chi connectivity index (χ2n) is 4.33. The number of pyridine rings is 1. The van der Waals surface area contributed by atoms with E-state index in [0.29, 0.717) is 5.82 Å². The lowest BCUT2D eigenvalue weighted by molar-refractivity contribution is -0.137. The molecule has 0 amide bonds. The highest BCUT2D eigenvalue weighted by Gasteiger charge is 2.31. The van der Waals surface area contributed by atoms with Crippen molar-refractivity contribution in [3.8, 4) is 0 Å². The maximum absolute atomic E-state index is 12.6. The van der Waals surface area contributed by atoms with Crippen LogP contribution >= 0.6 is 0 Å². The van der Waals surface area contributed by atoms with Gasteiger partial charge in [0, 0.05) is 6.20 Å². The van der Waals surface area contributed by atoms with Crippen LogP contribution in [0.1, 0.15) is 30.3 Å². The second-order valence-corrected chi connectivity index (χ2v) is 4.33. The molecule has 0 spiro atoms. The summed E-state index contributed by atoms with van der Waals surface area (Å²) in [4.78, 5) is 4.16. The third-order valence-corrected chi connectivity index (χ3v) is 3.05. The van der Waals surface area contributed by atoms with E-state index < -0.39 is 11.7 Å². The second kappa shape index (κ2) is 3.94. The summed E-state index contributed by atoms with van der Waals surface area (Å²) in [5, 5.41) is 7.41. The quantitative estimate of drug-likeness (QED) is 0.850. The van der Waals surface area contributed by atoms with Crippen LogP contribution in [0.3, 0.4) is 0 Å². The summed E-state index contributed by atoms with van der Waals surface area (Å²) < 4.78 is 39.0. The predicted molar refractivity (Wildman–Crippen MR) is 58.0 cm³/mol.